The molecule has 4 nitrogen and oxygen atoms in total. The summed E-state index contributed by atoms with van der Waals surface area (Å²) in [4.78, 5) is 24.6. The quantitative estimate of drug-likeness (QED) is 0.248. The lowest BCUT2D eigenvalue weighted by molar-refractivity contribution is -0.141. The van der Waals surface area contributed by atoms with Gasteiger partial charge in [0.1, 0.15) is 11.3 Å². The zero-order valence-corrected chi connectivity index (χ0v) is 17.9. The Labute approximate surface area is 183 Å². The molecule has 1 aliphatic carbocycles. The Bertz CT molecular complexity index is 1050. The minimum atomic E-state index is -0.890. The van der Waals surface area contributed by atoms with Crippen LogP contribution in [0.5, 0.6) is 0 Å². The number of ketones is 1. The number of carboxylic acid groups (broad SMARTS) is 1. The van der Waals surface area contributed by atoms with Gasteiger partial charge in [0.05, 0.1) is 5.92 Å². The molecule has 0 bridgehead atoms. The second kappa shape index (κ2) is 9.95. The molecule has 0 amide bonds. The Kier molecular flexibility index (Phi) is 6.86. The third-order valence-electron chi connectivity index (χ3n) is 6.42. The van der Waals surface area contributed by atoms with E-state index < -0.39 is 11.9 Å². The van der Waals surface area contributed by atoms with Gasteiger partial charge in [-0.25, -0.2) is 0 Å². The number of carboxylic acids is 1. The number of aliphatic carboxylic acids is 1. The van der Waals surface area contributed by atoms with Crippen LogP contribution in [0.2, 0.25) is 0 Å². The molecule has 0 saturated carbocycles. The standard InChI is InChI=1S/C27H30O4/c28-24(17-21(27(29)30)12-8-7-11-19-9-3-1-4-10-19)20-15-16-23-22-13-5-2-6-14-25(22)31-26(23)18-20/h1,3-4,9-10,15-16,18,21H,2,5-8,11-14,17H2,(H,29,30)/t21-/m0/s1. The largest absolute Gasteiger partial charge is 0.481 e. The Morgan fingerprint density at radius 2 is 1.77 bits per heavy atom. The average Bonchev–Trinajstić information content (AvgIpc) is 2.95. The first-order valence-corrected chi connectivity index (χ1v) is 11.5. The summed E-state index contributed by atoms with van der Waals surface area (Å²) < 4.78 is 6.07. The number of Topliss-reactive ketones (excluding diaryl/α,β-unsaturated/α-hetero) is 1. The number of fused-ring (bicyclic) bond motifs is 3. The first kappa shape index (κ1) is 21.4. The molecule has 1 atom stereocenters. The van der Waals surface area contributed by atoms with Crippen molar-refractivity contribution >= 4 is 22.7 Å². The molecule has 0 radical (unpaired) electrons. The zero-order chi connectivity index (χ0) is 21.6. The summed E-state index contributed by atoms with van der Waals surface area (Å²) in [6, 6.07) is 15.8. The SMILES string of the molecule is O=C(C[C@H](CCCCc1ccccc1)C(=O)O)c1ccc2c3c(oc2c1)CCCCC3. The number of benzene rings is 2. The van der Waals surface area contributed by atoms with Crippen LogP contribution in [0, 0.1) is 5.92 Å². The van der Waals surface area contributed by atoms with Crippen LogP contribution in [0.15, 0.2) is 52.9 Å². The van der Waals surface area contributed by atoms with Crippen molar-refractivity contribution in [2.45, 2.75) is 64.2 Å². The number of carbonyl (C=O) groups is 2. The number of hydrogen-bond acceptors (Lipinski definition) is 3. The summed E-state index contributed by atoms with van der Waals surface area (Å²) in [7, 11) is 0. The maximum Gasteiger partial charge on any atom is 0.306 e. The van der Waals surface area contributed by atoms with Crippen molar-refractivity contribution in [2.75, 3.05) is 0 Å². The summed E-state index contributed by atoms with van der Waals surface area (Å²) in [5.41, 5.74) is 3.85. The van der Waals surface area contributed by atoms with Crippen LogP contribution in [0.25, 0.3) is 11.0 Å². The first-order valence-electron chi connectivity index (χ1n) is 11.5. The van der Waals surface area contributed by atoms with Crippen molar-refractivity contribution in [2.24, 2.45) is 5.92 Å². The fourth-order valence-electron chi connectivity index (χ4n) is 4.63. The van der Waals surface area contributed by atoms with Crippen molar-refractivity contribution in [1.82, 2.24) is 0 Å². The summed E-state index contributed by atoms with van der Waals surface area (Å²) in [6.45, 7) is 0. The third kappa shape index (κ3) is 5.25. The zero-order valence-electron chi connectivity index (χ0n) is 17.9. The second-order valence-electron chi connectivity index (χ2n) is 8.67. The molecule has 162 valence electrons. The molecule has 0 saturated heterocycles. The van der Waals surface area contributed by atoms with Crippen LogP contribution in [0.3, 0.4) is 0 Å². The molecular weight excluding hydrogens is 388 g/mol. The monoisotopic (exact) mass is 418 g/mol. The van der Waals surface area contributed by atoms with E-state index in [2.05, 4.69) is 12.1 Å². The molecule has 3 aromatic rings. The van der Waals surface area contributed by atoms with E-state index in [1.165, 1.54) is 24.0 Å². The van der Waals surface area contributed by atoms with Crippen LogP contribution in [-0.2, 0) is 24.1 Å². The molecule has 31 heavy (non-hydrogen) atoms. The molecule has 0 fully saturated rings. The Morgan fingerprint density at radius 3 is 2.58 bits per heavy atom. The van der Waals surface area contributed by atoms with Gasteiger partial charge in [-0.15, -0.1) is 0 Å². The van der Waals surface area contributed by atoms with E-state index in [1.54, 1.807) is 6.07 Å². The predicted molar refractivity (Wildman–Crippen MR) is 122 cm³/mol. The third-order valence-corrected chi connectivity index (χ3v) is 6.42. The Morgan fingerprint density at radius 1 is 0.968 bits per heavy atom. The summed E-state index contributed by atoms with van der Waals surface area (Å²) in [5, 5.41) is 10.7. The number of hydrogen-bond donors (Lipinski definition) is 1. The van der Waals surface area contributed by atoms with Gasteiger partial charge in [-0.3, -0.25) is 9.59 Å². The number of unbranched alkanes of at least 4 members (excludes halogenated alkanes) is 1. The molecule has 4 heteroatoms. The first-order chi connectivity index (χ1) is 15.1. The molecule has 1 heterocycles. The fourth-order valence-corrected chi connectivity index (χ4v) is 4.63. The predicted octanol–water partition coefficient (Wildman–Crippen LogP) is 6.39. The van der Waals surface area contributed by atoms with Gasteiger partial charge in [0.2, 0.25) is 0 Å². The number of aryl methyl sites for hydroxylation is 3. The lowest BCUT2D eigenvalue weighted by atomic mass is 9.92. The van der Waals surface area contributed by atoms with Gasteiger partial charge in [-0.05, 0) is 50.2 Å². The lowest BCUT2D eigenvalue weighted by Crippen LogP contribution is -2.18. The number of rotatable bonds is 9. The maximum absolute atomic E-state index is 12.9. The fraction of sp³-hybridized carbons (Fsp3) is 0.407. The van der Waals surface area contributed by atoms with Crippen LogP contribution in [0.4, 0.5) is 0 Å². The van der Waals surface area contributed by atoms with Crippen LogP contribution in [0.1, 0.15) is 72.2 Å². The normalized spacial score (nSPS) is 14.7. The van der Waals surface area contributed by atoms with Crippen molar-refractivity contribution in [3.63, 3.8) is 0 Å². The maximum atomic E-state index is 12.9. The highest BCUT2D eigenvalue weighted by Crippen LogP contribution is 2.32. The topological polar surface area (TPSA) is 67.5 Å². The highest BCUT2D eigenvalue weighted by Gasteiger charge is 2.23. The lowest BCUT2D eigenvalue weighted by Gasteiger charge is -2.12. The highest BCUT2D eigenvalue weighted by atomic mass is 16.4. The molecule has 1 aliphatic rings. The average molecular weight is 419 g/mol. The van der Waals surface area contributed by atoms with E-state index in [0.29, 0.717) is 12.0 Å². The van der Waals surface area contributed by atoms with Gasteiger partial charge >= 0.3 is 5.97 Å². The van der Waals surface area contributed by atoms with E-state index in [-0.39, 0.29) is 12.2 Å². The van der Waals surface area contributed by atoms with Gasteiger partial charge in [0.15, 0.2) is 5.78 Å². The molecular formula is C27H30O4. The smallest absolute Gasteiger partial charge is 0.306 e. The molecule has 2 aromatic carbocycles. The molecule has 4 rings (SSSR count). The van der Waals surface area contributed by atoms with Crippen LogP contribution in [-0.4, -0.2) is 16.9 Å². The molecule has 1 N–H and O–H groups in total. The summed E-state index contributed by atoms with van der Waals surface area (Å²) >= 11 is 0. The van der Waals surface area contributed by atoms with Gasteiger partial charge < -0.3 is 9.52 Å². The Hall–Kier alpha value is -2.88. The van der Waals surface area contributed by atoms with E-state index in [9.17, 15) is 14.7 Å². The summed E-state index contributed by atoms with van der Waals surface area (Å²) in [5.74, 6) is -0.603. The molecule has 0 aliphatic heterocycles. The van der Waals surface area contributed by atoms with E-state index in [0.717, 1.165) is 55.3 Å². The molecule has 0 spiro atoms. The van der Waals surface area contributed by atoms with Crippen molar-refractivity contribution in [3.05, 3.63) is 71.0 Å². The second-order valence-corrected chi connectivity index (χ2v) is 8.67. The number of furan rings is 1. The molecule has 0 unspecified atom stereocenters. The van der Waals surface area contributed by atoms with Gasteiger partial charge in [0, 0.05) is 29.4 Å². The molecule has 1 aromatic heterocycles. The van der Waals surface area contributed by atoms with Crippen molar-refractivity contribution in [3.8, 4) is 0 Å². The van der Waals surface area contributed by atoms with Gasteiger partial charge in [-0.1, -0.05) is 55.3 Å². The van der Waals surface area contributed by atoms with Crippen LogP contribution < -0.4 is 0 Å². The van der Waals surface area contributed by atoms with Crippen LogP contribution >= 0.6 is 0 Å². The Balaban J connectivity index is 1.38. The number of carbonyl (C=O) groups excluding carboxylic acids is 1. The highest BCUT2D eigenvalue weighted by molar-refractivity contribution is 6.01. The minimum absolute atomic E-state index is 0.0343. The van der Waals surface area contributed by atoms with E-state index in [4.69, 9.17) is 4.42 Å². The van der Waals surface area contributed by atoms with E-state index in [1.807, 2.05) is 30.3 Å². The van der Waals surface area contributed by atoms with E-state index >= 15 is 0 Å². The minimum Gasteiger partial charge on any atom is -0.481 e. The van der Waals surface area contributed by atoms with Crippen molar-refractivity contribution < 1.29 is 19.1 Å². The summed E-state index contributed by atoms with van der Waals surface area (Å²) in [6.07, 6.45) is 8.73. The van der Waals surface area contributed by atoms with Gasteiger partial charge in [-0.2, -0.15) is 0 Å². The van der Waals surface area contributed by atoms with Crippen molar-refractivity contribution in [1.29, 1.82) is 0 Å². The van der Waals surface area contributed by atoms with Gasteiger partial charge in [0.25, 0.3) is 0 Å².